The first kappa shape index (κ1) is 18.6. The van der Waals surface area contributed by atoms with E-state index in [1.165, 1.54) is 7.11 Å². The molecule has 1 aromatic rings. The number of esters is 1. The standard InChI is InChI=1S/C18H23NO4/c1-3-4-10-16(20)12-15(11-14-8-6-5-7-9-14)18(22)19-13-17(21)23-2/h3,5-9,15H,1,4,10-13H2,2H3,(H,19,22)/t15-/m1/s1. The van der Waals surface area contributed by atoms with Gasteiger partial charge in [0.05, 0.1) is 7.11 Å². The number of methoxy groups -OCH3 is 1. The van der Waals surface area contributed by atoms with Crippen molar-refractivity contribution in [1.29, 1.82) is 0 Å². The van der Waals surface area contributed by atoms with Crippen molar-refractivity contribution < 1.29 is 19.1 Å². The Kier molecular flexibility index (Phi) is 8.36. The van der Waals surface area contributed by atoms with Crippen molar-refractivity contribution in [3.05, 3.63) is 48.6 Å². The highest BCUT2D eigenvalue weighted by Gasteiger charge is 2.22. The van der Waals surface area contributed by atoms with Crippen LogP contribution in [0.5, 0.6) is 0 Å². The first-order valence-electron chi connectivity index (χ1n) is 7.57. The average molecular weight is 317 g/mol. The van der Waals surface area contributed by atoms with Gasteiger partial charge in [0.1, 0.15) is 12.3 Å². The number of carbonyl (C=O) groups excluding carboxylic acids is 3. The first-order chi connectivity index (χ1) is 11.1. The number of hydrogen-bond donors (Lipinski definition) is 1. The zero-order valence-corrected chi connectivity index (χ0v) is 13.4. The molecule has 0 saturated heterocycles. The molecule has 0 fully saturated rings. The Morgan fingerprint density at radius 2 is 1.96 bits per heavy atom. The van der Waals surface area contributed by atoms with Gasteiger partial charge in [-0.3, -0.25) is 14.4 Å². The van der Waals surface area contributed by atoms with Crippen molar-refractivity contribution >= 4 is 17.7 Å². The molecule has 1 rings (SSSR count). The van der Waals surface area contributed by atoms with Crippen LogP contribution in [0.3, 0.4) is 0 Å². The smallest absolute Gasteiger partial charge is 0.325 e. The van der Waals surface area contributed by atoms with Gasteiger partial charge in [0.25, 0.3) is 0 Å². The predicted octanol–water partition coefficient (Wildman–Crippen LogP) is 2.06. The Balaban J connectivity index is 2.70. The second-order valence-corrected chi connectivity index (χ2v) is 5.25. The number of nitrogens with one attached hydrogen (secondary N) is 1. The molecule has 1 aromatic carbocycles. The number of ether oxygens (including phenoxy) is 1. The van der Waals surface area contributed by atoms with Gasteiger partial charge in [-0.2, -0.15) is 0 Å². The fraction of sp³-hybridized carbons (Fsp3) is 0.389. The van der Waals surface area contributed by atoms with E-state index in [9.17, 15) is 14.4 Å². The SMILES string of the molecule is C=CCCC(=O)C[C@@H](Cc1ccccc1)C(=O)NCC(=O)OC. The van der Waals surface area contributed by atoms with Crippen LogP contribution in [-0.4, -0.2) is 31.3 Å². The number of benzene rings is 1. The van der Waals surface area contributed by atoms with Crippen LogP contribution in [-0.2, 0) is 25.5 Å². The number of allylic oxidation sites excluding steroid dienone is 1. The Labute approximate surface area is 136 Å². The topological polar surface area (TPSA) is 72.5 Å². The lowest BCUT2D eigenvalue weighted by molar-refractivity contribution is -0.141. The first-order valence-corrected chi connectivity index (χ1v) is 7.57. The van der Waals surface area contributed by atoms with E-state index in [4.69, 9.17) is 0 Å². The Morgan fingerprint density at radius 3 is 2.57 bits per heavy atom. The van der Waals surface area contributed by atoms with E-state index in [1.54, 1.807) is 6.08 Å². The lowest BCUT2D eigenvalue weighted by Gasteiger charge is -2.16. The lowest BCUT2D eigenvalue weighted by atomic mass is 9.92. The maximum Gasteiger partial charge on any atom is 0.325 e. The van der Waals surface area contributed by atoms with Gasteiger partial charge in [-0.05, 0) is 18.4 Å². The Hall–Kier alpha value is -2.43. The number of hydrogen-bond acceptors (Lipinski definition) is 4. The van der Waals surface area contributed by atoms with Crippen molar-refractivity contribution in [2.75, 3.05) is 13.7 Å². The van der Waals surface area contributed by atoms with E-state index in [1.807, 2.05) is 30.3 Å². The highest BCUT2D eigenvalue weighted by molar-refractivity contribution is 5.88. The van der Waals surface area contributed by atoms with Gasteiger partial charge < -0.3 is 10.1 Å². The minimum Gasteiger partial charge on any atom is -0.468 e. The summed E-state index contributed by atoms with van der Waals surface area (Å²) in [6, 6.07) is 9.49. The number of rotatable bonds is 10. The molecular formula is C18H23NO4. The zero-order valence-electron chi connectivity index (χ0n) is 13.4. The van der Waals surface area contributed by atoms with Gasteiger partial charge in [0.2, 0.25) is 5.91 Å². The summed E-state index contributed by atoms with van der Waals surface area (Å²) in [7, 11) is 1.26. The molecule has 1 N–H and O–H groups in total. The predicted molar refractivity (Wildman–Crippen MR) is 87.7 cm³/mol. The molecule has 0 heterocycles. The van der Waals surface area contributed by atoms with Gasteiger partial charge in [0.15, 0.2) is 0 Å². The molecule has 0 saturated carbocycles. The third-order valence-corrected chi connectivity index (χ3v) is 3.43. The van der Waals surface area contributed by atoms with E-state index in [0.29, 0.717) is 19.3 Å². The molecular weight excluding hydrogens is 294 g/mol. The molecule has 0 spiro atoms. The normalized spacial score (nSPS) is 11.3. The molecule has 0 aliphatic heterocycles. The van der Waals surface area contributed by atoms with Crippen molar-refractivity contribution in [2.24, 2.45) is 5.92 Å². The molecule has 0 aliphatic rings. The van der Waals surface area contributed by atoms with Crippen LogP contribution < -0.4 is 5.32 Å². The molecule has 0 aromatic heterocycles. The summed E-state index contributed by atoms with van der Waals surface area (Å²) in [6.45, 7) is 3.40. The van der Waals surface area contributed by atoms with Crippen molar-refractivity contribution in [2.45, 2.75) is 25.7 Å². The van der Waals surface area contributed by atoms with Gasteiger partial charge in [0, 0.05) is 18.8 Å². The largest absolute Gasteiger partial charge is 0.468 e. The maximum atomic E-state index is 12.3. The van der Waals surface area contributed by atoms with Crippen LogP contribution in [0.1, 0.15) is 24.8 Å². The van der Waals surface area contributed by atoms with Crippen LogP contribution >= 0.6 is 0 Å². The lowest BCUT2D eigenvalue weighted by Crippen LogP contribution is -2.37. The van der Waals surface area contributed by atoms with E-state index in [0.717, 1.165) is 5.56 Å². The number of carbonyl (C=O) groups is 3. The fourth-order valence-corrected chi connectivity index (χ4v) is 2.17. The molecule has 23 heavy (non-hydrogen) atoms. The monoisotopic (exact) mass is 317 g/mol. The second kappa shape index (κ2) is 10.3. The van der Waals surface area contributed by atoms with Crippen molar-refractivity contribution in [1.82, 2.24) is 5.32 Å². The van der Waals surface area contributed by atoms with Gasteiger partial charge >= 0.3 is 5.97 Å². The number of ketones is 1. The van der Waals surface area contributed by atoms with Crippen molar-refractivity contribution in [3.8, 4) is 0 Å². The summed E-state index contributed by atoms with van der Waals surface area (Å²) in [6.07, 6.45) is 3.25. The molecule has 124 valence electrons. The summed E-state index contributed by atoms with van der Waals surface area (Å²) in [5.74, 6) is -1.32. The number of amides is 1. The van der Waals surface area contributed by atoms with Crippen LogP contribution in [0.15, 0.2) is 43.0 Å². The molecule has 1 atom stereocenters. The summed E-state index contributed by atoms with van der Waals surface area (Å²) < 4.78 is 4.50. The molecule has 5 heteroatoms. The van der Waals surface area contributed by atoms with Gasteiger partial charge in [-0.15, -0.1) is 6.58 Å². The summed E-state index contributed by atoms with van der Waals surface area (Å²) >= 11 is 0. The number of Topliss-reactive ketones (excluding diaryl/α,β-unsaturated/α-hetero) is 1. The third-order valence-electron chi connectivity index (χ3n) is 3.43. The maximum absolute atomic E-state index is 12.3. The van der Waals surface area contributed by atoms with E-state index in [2.05, 4.69) is 16.6 Å². The third kappa shape index (κ3) is 7.40. The van der Waals surface area contributed by atoms with E-state index >= 15 is 0 Å². The molecule has 0 aliphatic carbocycles. The van der Waals surface area contributed by atoms with E-state index in [-0.39, 0.29) is 24.7 Å². The van der Waals surface area contributed by atoms with Gasteiger partial charge in [-0.25, -0.2) is 0 Å². The molecule has 0 bridgehead atoms. The summed E-state index contributed by atoms with van der Waals surface area (Å²) in [5, 5.41) is 2.53. The van der Waals surface area contributed by atoms with Crippen LogP contribution in [0, 0.1) is 5.92 Å². The summed E-state index contributed by atoms with van der Waals surface area (Å²) in [4.78, 5) is 35.4. The Morgan fingerprint density at radius 1 is 1.26 bits per heavy atom. The minimum atomic E-state index is -0.519. The van der Waals surface area contributed by atoms with Gasteiger partial charge in [-0.1, -0.05) is 36.4 Å². The Bertz CT molecular complexity index is 539. The summed E-state index contributed by atoms with van der Waals surface area (Å²) in [5.41, 5.74) is 0.974. The molecule has 5 nitrogen and oxygen atoms in total. The fourth-order valence-electron chi connectivity index (χ4n) is 2.17. The highest BCUT2D eigenvalue weighted by atomic mass is 16.5. The minimum absolute atomic E-state index is 0.0130. The van der Waals surface area contributed by atoms with Crippen LogP contribution in [0.4, 0.5) is 0 Å². The zero-order chi connectivity index (χ0) is 17.1. The van der Waals surface area contributed by atoms with Crippen LogP contribution in [0.2, 0.25) is 0 Å². The average Bonchev–Trinajstić information content (AvgIpc) is 2.57. The van der Waals surface area contributed by atoms with Crippen molar-refractivity contribution in [3.63, 3.8) is 0 Å². The highest BCUT2D eigenvalue weighted by Crippen LogP contribution is 2.15. The molecule has 0 radical (unpaired) electrons. The quantitative estimate of drug-likeness (QED) is 0.529. The van der Waals surface area contributed by atoms with Crippen LogP contribution in [0.25, 0.3) is 0 Å². The molecule has 0 unspecified atom stereocenters. The van der Waals surface area contributed by atoms with E-state index < -0.39 is 11.9 Å². The molecule has 1 amide bonds. The second-order valence-electron chi connectivity index (χ2n) is 5.25.